The van der Waals surface area contributed by atoms with Crippen LogP contribution in [-0.2, 0) is 0 Å². The van der Waals surface area contributed by atoms with Crippen molar-refractivity contribution in [3.63, 3.8) is 0 Å². The third-order valence-electron chi connectivity index (χ3n) is 8.86. The Labute approximate surface area is 257 Å². The van der Waals surface area contributed by atoms with Crippen LogP contribution in [0.2, 0.25) is 0 Å². The average Bonchev–Trinajstić information content (AvgIpc) is 3.60. The van der Waals surface area contributed by atoms with Gasteiger partial charge in [0.05, 0.1) is 22.2 Å². The minimum Gasteiger partial charge on any atom is -0.310 e. The van der Waals surface area contributed by atoms with Gasteiger partial charge in [-0.2, -0.15) is 0 Å². The first-order valence-corrected chi connectivity index (χ1v) is 15.3. The Morgan fingerprint density at radius 1 is 0.432 bits per heavy atom. The zero-order chi connectivity index (χ0) is 29.6. The van der Waals surface area contributed by atoms with Crippen LogP contribution >= 0.6 is 0 Å². The van der Waals surface area contributed by atoms with Crippen molar-refractivity contribution in [2.24, 2.45) is 0 Å². The lowest BCUT2D eigenvalue weighted by atomic mass is 10.0. The summed E-state index contributed by atoms with van der Waals surface area (Å²) < 4.78 is 4.79. The molecule has 0 bridgehead atoms. The molecule has 0 saturated carbocycles. The molecule has 2 heteroatoms. The summed E-state index contributed by atoms with van der Waals surface area (Å²) in [7, 11) is 0. The quantitative estimate of drug-likeness (QED) is 0.201. The van der Waals surface area contributed by atoms with E-state index in [1.807, 2.05) is 0 Å². The summed E-state index contributed by atoms with van der Waals surface area (Å²) >= 11 is 0. The smallest absolute Gasteiger partial charge is 0.0541 e. The topological polar surface area (TPSA) is 9.86 Å². The molecule has 2 heterocycles. The van der Waals surface area contributed by atoms with E-state index in [1.165, 1.54) is 76.9 Å². The Hall–Kier alpha value is -5.60. The predicted octanol–water partition coefficient (Wildman–Crippen LogP) is 9.66. The molecule has 44 heavy (non-hydrogen) atoms. The Morgan fingerprint density at radius 2 is 1.02 bits per heavy atom. The molecule has 8 aromatic rings. The van der Waals surface area contributed by atoms with E-state index in [4.69, 9.17) is 0 Å². The molecule has 0 unspecified atom stereocenters. The minimum atomic E-state index is 1.18. The first-order valence-electron chi connectivity index (χ1n) is 15.3. The molecule has 0 spiro atoms. The number of benzene rings is 6. The van der Waals surface area contributed by atoms with Gasteiger partial charge in [-0.1, -0.05) is 109 Å². The largest absolute Gasteiger partial charge is 0.310 e. The molecule has 8 rings (SSSR count). The highest BCUT2D eigenvalue weighted by Gasteiger charge is 2.17. The number of fused-ring (bicyclic) bond motifs is 4. The number of para-hydroxylation sites is 3. The van der Waals surface area contributed by atoms with Crippen LogP contribution in [0.15, 0.2) is 146 Å². The van der Waals surface area contributed by atoms with Gasteiger partial charge in [-0.05, 0) is 79.1 Å². The van der Waals surface area contributed by atoms with Gasteiger partial charge in [0.1, 0.15) is 0 Å². The lowest BCUT2D eigenvalue weighted by Gasteiger charge is -2.14. The van der Waals surface area contributed by atoms with Crippen molar-refractivity contribution in [3.8, 4) is 33.6 Å². The minimum absolute atomic E-state index is 1.18. The number of aromatic nitrogens is 2. The fraction of sp³-hybridized carbons (Fsp3) is 0.0476. The summed E-state index contributed by atoms with van der Waals surface area (Å²) in [6, 6.07) is 52.7. The van der Waals surface area contributed by atoms with E-state index < -0.39 is 0 Å². The maximum atomic E-state index is 2.42. The van der Waals surface area contributed by atoms with Gasteiger partial charge in [0.2, 0.25) is 0 Å². The first-order chi connectivity index (χ1) is 21.8. The van der Waals surface area contributed by atoms with E-state index in [0.29, 0.717) is 0 Å². The van der Waals surface area contributed by atoms with Crippen LogP contribution in [0.4, 0.5) is 0 Å². The molecule has 0 radical (unpaired) electrons. The Kier molecular flexibility index (Phi) is 6.27. The summed E-state index contributed by atoms with van der Waals surface area (Å²) in [5.41, 5.74) is 10.9. The average molecular weight is 565 g/mol. The number of hydrogen-bond acceptors (Lipinski definition) is 0. The third kappa shape index (κ3) is 4.03. The molecular formula is C42H32N2. The lowest BCUT2D eigenvalue weighted by molar-refractivity contribution is 1.07. The van der Waals surface area contributed by atoms with E-state index >= 15 is 0 Å². The van der Waals surface area contributed by atoms with E-state index in [2.05, 4.69) is 181 Å². The van der Waals surface area contributed by atoms with Gasteiger partial charge in [-0.25, -0.2) is 0 Å². The Balaban J connectivity index is 1.35. The predicted molar refractivity (Wildman–Crippen MR) is 188 cm³/mol. The summed E-state index contributed by atoms with van der Waals surface area (Å²) in [6.07, 6.45) is 4.46. The van der Waals surface area contributed by atoms with Gasteiger partial charge in [0.25, 0.3) is 0 Å². The molecule has 0 aliphatic carbocycles. The van der Waals surface area contributed by atoms with Crippen LogP contribution in [0, 0.1) is 0 Å². The molecule has 0 amide bonds. The van der Waals surface area contributed by atoms with Gasteiger partial charge in [-0.3, -0.25) is 0 Å². The molecule has 0 aliphatic rings. The molecule has 0 N–H and O–H groups in total. The summed E-state index contributed by atoms with van der Waals surface area (Å²) in [5.74, 6) is 0. The monoisotopic (exact) mass is 564 g/mol. The Bertz CT molecular complexity index is 2440. The molecule has 210 valence electrons. The highest BCUT2D eigenvalue weighted by atomic mass is 15.0. The molecule has 6 aromatic carbocycles. The Morgan fingerprint density at radius 3 is 1.75 bits per heavy atom. The van der Waals surface area contributed by atoms with Crippen LogP contribution in [0.3, 0.4) is 0 Å². The van der Waals surface area contributed by atoms with Crippen molar-refractivity contribution < 1.29 is 0 Å². The maximum Gasteiger partial charge on any atom is 0.0541 e. The third-order valence-corrected chi connectivity index (χ3v) is 8.86. The summed E-state index contributed by atoms with van der Waals surface area (Å²) in [4.78, 5) is 0. The number of nitrogens with zero attached hydrogens (tertiary/aromatic N) is 2. The molecule has 0 fully saturated rings. The van der Waals surface area contributed by atoms with E-state index in [1.54, 1.807) is 0 Å². The normalized spacial score (nSPS) is 12.6. The second kappa shape index (κ2) is 10.6. The lowest BCUT2D eigenvalue weighted by Crippen LogP contribution is -2.27. The van der Waals surface area contributed by atoms with Crippen molar-refractivity contribution in [2.45, 2.75) is 13.8 Å². The number of rotatable bonds is 4. The second-order valence-corrected chi connectivity index (χ2v) is 11.2. The first kappa shape index (κ1) is 26.1. The zero-order valence-corrected chi connectivity index (χ0v) is 24.9. The van der Waals surface area contributed by atoms with Crippen molar-refractivity contribution in [3.05, 3.63) is 156 Å². The molecular weight excluding hydrogens is 532 g/mol. The SMILES string of the molecule is C/C=c1\c(=C/C)n(-c2ccccc2)c2ccc(-c3ccc4c(c3)c3ccccc3n4-c3ccccc3-c3ccccc3)cc12. The van der Waals surface area contributed by atoms with Crippen molar-refractivity contribution in [1.82, 2.24) is 9.13 Å². The molecule has 0 aliphatic heterocycles. The zero-order valence-electron chi connectivity index (χ0n) is 24.9. The highest BCUT2D eigenvalue weighted by molar-refractivity contribution is 6.11. The maximum absolute atomic E-state index is 2.42. The van der Waals surface area contributed by atoms with E-state index in [0.717, 1.165) is 0 Å². The second-order valence-electron chi connectivity index (χ2n) is 11.2. The fourth-order valence-electron chi connectivity index (χ4n) is 6.90. The van der Waals surface area contributed by atoms with Crippen LogP contribution in [0.1, 0.15) is 13.8 Å². The van der Waals surface area contributed by atoms with E-state index in [9.17, 15) is 0 Å². The molecule has 2 nitrogen and oxygen atoms in total. The van der Waals surface area contributed by atoms with Gasteiger partial charge in [-0.15, -0.1) is 0 Å². The highest BCUT2D eigenvalue weighted by Crippen LogP contribution is 2.38. The van der Waals surface area contributed by atoms with Crippen molar-refractivity contribution in [2.75, 3.05) is 0 Å². The van der Waals surface area contributed by atoms with Crippen molar-refractivity contribution in [1.29, 1.82) is 0 Å². The van der Waals surface area contributed by atoms with Crippen LogP contribution in [-0.4, -0.2) is 9.13 Å². The van der Waals surface area contributed by atoms with Gasteiger partial charge in [0, 0.05) is 38.0 Å². The van der Waals surface area contributed by atoms with Crippen LogP contribution in [0.5, 0.6) is 0 Å². The van der Waals surface area contributed by atoms with Crippen LogP contribution < -0.4 is 10.6 Å². The van der Waals surface area contributed by atoms with Crippen molar-refractivity contribution >= 4 is 44.9 Å². The van der Waals surface area contributed by atoms with Gasteiger partial charge >= 0.3 is 0 Å². The van der Waals surface area contributed by atoms with E-state index in [-0.39, 0.29) is 0 Å². The van der Waals surface area contributed by atoms with Gasteiger partial charge < -0.3 is 9.13 Å². The standard InChI is InChI=1S/C42H32N2/c1-3-33-36-27-30(23-25-41(36)43(38(33)4-2)32-17-9-6-10-18-32)31-24-26-42-37(28-31)35-20-12-14-22-40(35)44(42)39-21-13-11-19-34(39)29-15-7-5-8-16-29/h3-28H,1-2H3/b33-3-,38-4+. The summed E-state index contributed by atoms with van der Waals surface area (Å²) in [5, 5.41) is 6.27. The number of hydrogen-bond donors (Lipinski definition) is 0. The fourth-order valence-corrected chi connectivity index (χ4v) is 6.90. The molecule has 2 aromatic heterocycles. The molecule has 0 atom stereocenters. The summed E-state index contributed by atoms with van der Waals surface area (Å²) in [6.45, 7) is 4.26. The van der Waals surface area contributed by atoms with Gasteiger partial charge in [0.15, 0.2) is 0 Å². The molecule has 0 saturated heterocycles. The van der Waals surface area contributed by atoms with Crippen LogP contribution in [0.25, 0.3) is 78.5 Å².